The minimum absolute atomic E-state index is 0.677. The summed E-state index contributed by atoms with van der Waals surface area (Å²) in [6.07, 6.45) is 1.25. The average Bonchev–Trinajstić information content (AvgIpc) is 3.16. The number of rotatable bonds is 5. The Bertz CT molecular complexity index is 2070. The molecule has 0 saturated heterocycles. The van der Waals surface area contributed by atoms with E-state index in [9.17, 15) is 0 Å². The predicted octanol–water partition coefficient (Wildman–Crippen LogP) is 15.6. The van der Waals surface area contributed by atoms with Crippen LogP contribution in [0.1, 0.15) is 74.8 Å². The summed E-state index contributed by atoms with van der Waals surface area (Å²) in [5.74, 6) is 1.41. The molecule has 0 amide bonds. The number of fused-ring (bicyclic) bond motifs is 1. The molecule has 0 aliphatic carbocycles. The van der Waals surface area contributed by atoms with Gasteiger partial charge in [-0.3, -0.25) is 0 Å². The number of benzene rings is 7. The molecule has 0 aliphatic rings. The van der Waals surface area contributed by atoms with Gasteiger partial charge in [-0.25, -0.2) is 0 Å². The summed E-state index contributed by atoms with van der Waals surface area (Å²) in [7, 11) is 0. The van der Waals surface area contributed by atoms with Gasteiger partial charge < -0.3 is 0 Å². The molecule has 0 heterocycles. The van der Waals surface area contributed by atoms with E-state index in [4.69, 9.17) is 0 Å². The standard InChI is InChI=1S/C31H26.C11H16.C7H8.C3H8/c1-21-11-13-24(14-12-21)25-15-17-26(18-16-25)29-10-6-7-22(2)31(29)30-20-28-9-5-4-8-27(28)19-23(30)3;1-9(2)10(3)11-7-5-4-6-8-11;1-7-5-3-2-4-6-7;1-3-2/h4-20H,1-3H3;4-10H,1-3H3;2-6H,1H3;3H2,1-2H3. The van der Waals surface area contributed by atoms with Crippen molar-refractivity contribution >= 4 is 10.8 Å². The Hall–Kier alpha value is -5.20. The molecule has 0 N–H and O–H groups in total. The Labute approximate surface area is 315 Å². The molecule has 7 aromatic carbocycles. The highest BCUT2D eigenvalue weighted by molar-refractivity contribution is 5.94. The van der Waals surface area contributed by atoms with Crippen LogP contribution < -0.4 is 0 Å². The first-order valence-electron chi connectivity index (χ1n) is 19.0. The molecule has 0 nitrogen and oxygen atoms in total. The van der Waals surface area contributed by atoms with Crippen molar-refractivity contribution in [3.05, 3.63) is 192 Å². The SMILES string of the molecule is CC(C)C(C)c1ccccc1.CCC.Cc1ccc(-c2ccc(-c3cccc(C)c3-c3cc4ccccc4cc3C)cc2)cc1.Cc1ccccc1. The van der Waals surface area contributed by atoms with Gasteiger partial charge in [-0.05, 0) is 106 Å². The van der Waals surface area contributed by atoms with E-state index in [0.29, 0.717) is 5.92 Å². The van der Waals surface area contributed by atoms with Gasteiger partial charge >= 0.3 is 0 Å². The summed E-state index contributed by atoms with van der Waals surface area (Å²) in [6.45, 7) is 19.7. The summed E-state index contributed by atoms with van der Waals surface area (Å²) in [4.78, 5) is 0. The summed E-state index contributed by atoms with van der Waals surface area (Å²) < 4.78 is 0. The van der Waals surface area contributed by atoms with Gasteiger partial charge in [0, 0.05) is 0 Å². The van der Waals surface area contributed by atoms with Gasteiger partial charge in [-0.1, -0.05) is 210 Å². The van der Waals surface area contributed by atoms with Crippen LogP contribution in [0, 0.1) is 33.6 Å². The second-order valence-electron chi connectivity index (χ2n) is 14.3. The number of hydrogen-bond donors (Lipinski definition) is 0. The van der Waals surface area contributed by atoms with E-state index in [1.807, 2.05) is 18.2 Å². The molecule has 1 atom stereocenters. The topological polar surface area (TPSA) is 0 Å². The van der Waals surface area contributed by atoms with Gasteiger partial charge in [0.25, 0.3) is 0 Å². The Morgan fingerprint density at radius 2 is 0.865 bits per heavy atom. The van der Waals surface area contributed by atoms with E-state index in [1.165, 1.54) is 78.4 Å². The number of aryl methyl sites for hydroxylation is 4. The number of hydrogen-bond acceptors (Lipinski definition) is 0. The zero-order valence-corrected chi connectivity index (χ0v) is 33.0. The molecule has 0 bridgehead atoms. The predicted molar refractivity (Wildman–Crippen MR) is 231 cm³/mol. The van der Waals surface area contributed by atoms with Gasteiger partial charge in [0.15, 0.2) is 0 Å². The van der Waals surface area contributed by atoms with Crippen LogP contribution in [0.3, 0.4) is 0 Å². The lowest BCUT2D eigenvalue weighted by Crippen LogP contribution is -2.00. The lowest BCUT2D eigenvalue weighted by molar-refractivity contribution is 0.535. The van der Waals surface area contributed by atoms with Crippen molar-refractivity contribution in [3.8, 4) is 33.4 Å². The first kappa shape index (κ1) is 39.6. The van der Waals surface area contributed by atoms with Gasteiger partial charge in [0.1, 0.15) is 0 Å². The van der Waals surface area contributed by atoms with Gasteiger partial charge in [0.05, 0.1) is 0 Å². The van der Waals surface area contributed by atoms with E-state index < -0.39 is 0 Å². The van der Waals surface area contributed by atoms with Crippen molar-refractivity contribution in [1.82, 2.24) is 0 Å². The van der Waals surface area contributed by atoms with Crippen LogP contribution in [-0.2, 0) is 0 Å². The fraction of sp³-hybridized carbons (Fsp3) is 0.231. The fourth-order valence-electron chi connectivity index (χ4n) is 6.15. The summed E-state index contributed by atoms with van der Waals surface area (Å²) in [6, 6.07) is 58.5. The fourth-order valence-corrected chi connectivity index (χ4v) is 6.15. The smallest absolute Gasteiger partial charge is 0.00732 e. The molecule has 0 radical (unpaired) electrons. The average molecular weight is 683 g/mol. The van der Waals surface area contributed by atoms with Crippen LogP contribution in [0.15, 0.2) is 164 Å². The van der Waals surface area contributed by atoms with Gasteiger partial charge in [0.2, 0.25) is 0 Å². The van der Waals surface area contributed by atoms with Crippen LogP contribution in [0.5, 0.6) is 0 Å². The van der Waals surface area contributed by atoms with Crippen molar-refractivity contribution < 1.29 is 0 Å². The third-order valence-electron chi connectivity index (χ3n) is 9.48. The van der Waals surface area contributed by atoms with Crippen LogP contribution in [0.4, 0.5) is 0 Å². The third-order valence-corrected chi connectivity index (χ3v) is 9.48. The molecule has 52 heavy (non-hydrogen) atoms. The highest BCUT2D eigenvalue weighted by atomic mass is 14.2. The van der Waals surface area contributed by atoms with Crippen LogP contribution >= 0.6 is 0 Å². The quantitative estimate of drug-likeness (QED) is 0.169. The minimum atomic E-state index is 0.677. The Morgan fingerprint density at radius 3 is 1.38 bits per heavy atom. The molecule has 0 aliphatic heterocycles. The second kappa shape index (κ2) is 20.0. The Morgan fingerprint density at radius 1 is 0.404 bits per heavy atom. The summed E-state index contributed by atoms with van der Waals surface area (Å²) in [5, 5.41) is 2.58. The van der Waals surface area contributed by atoms with Crippen LogP contribution in [-0.4, -0.2) is 0 Å². The first-order valence-corrected chi connectivity index (χ1v) is 19.0. The molecule has 7 aromatic rings. The molecule has 0 spiro atoms. The Kier molecular flexibility index (Phi) is 15.2. The van der Waals surface area contributed by atoms with E-state index in [2.05, 4.69) is 208 Å². The summed E-state index contributed by atoms with van der Waals surface area (Å²) in [5.41, 5.74) is 14.4. The lowest BCUT2D eigenvalue weighted by atomic mass is 9.87. The largest absolute Gasteiger partial charge is 0.0656 e. The first-order chi connectivity index (χ1) is 25.1. The molecule has 0 saturated carbocycles. The molecule has 0 fully saturated rings. The normalized spacial score (nSPS) is 11.0. The van der Waals surface area contributed by atoms with Crippen LogP contribution in [0.2, 0.25) is 0 Å². The molecular weight excluding hydrogens is 625 g/mol. The van der Waals surface area contributed by atoms with Crippen molar-refractivity contribution in [2.75, 3.05) is 0 Å². The van der Waals surface area contributed by atoms with E-state index in [0.717, 1.165) is 5.92 Å². The van der Waals surface area contributed by atoms with Gasteiger partial charge in [-0.2, -0.15) is 0 Å². The van der Waals surface area contributed by atoms with Gasteiger partial charge in [-0.15, -0.1) is 0 Å². The van der Waals surface area contributed by atoms with E-state index in [1.54, 1.807) is 0 Å². The van der Waals surface area contributed by atoms with E-state index in [-0.39, 0.29) is 0 Å². The third kappa shape index (κ3) is 11.1. The maximum atomic E-state index is 2.34. The van der Waals surface area contributed by atoms with Crippen LogP contribution in [0.25, 0.3) is 44.2 Å². The maximum Gasteiger partial charge on any atom is -0.00732 e. The highest BCUT2D eigenvalue weighted by Crippen LogP contribution is 2.38. The lowest BCUT2D eigenvalue weighted by Gasteiger charge is -2.17. The maximum absolute atomic E-state index is 2.34. The second-order valence-corrected chi connectivity index (χ2v) is 14.3. The zero-order valence-electron chi connectivity index (χ0n) is 33.0. The van der Waals surface area contributed by atoms with Crippen molar-refractivity contribution in [3.63, 3.8) is 0 Å². The zero-order chi connectivity index (χ0) is 37.5. The monoisotopic (exact) mass is 682 g/mol. The molecule has 266 valence electrons. The molecule has 0 heteroatoms. The molecule has 0 aromatic heterocycles. The molecule has 7 rings (SSSR count). The van der Waals surface area contributed by atoms with Crippen molar-refractivity contribution in [1.29, 1.82) is 0 Å². The van der Waals surface area contributed by atoms with Crippen molar-refractivity contribution in [2.45, 2.75) is 74.7 Å². The highest BCUT2D eigenvalue weighted by Gasteiger charge is 2.14. The minimum Gasteiger partial charge on any atom is -0.0656 e. The molecule has 1 unspecified atom stereocenters. The Balaban J connectivity index is 0.000000234. The molecular formula is C52H58. The van der Waals surface area contributed by atoms with Crippen molar-refractivity contribution in [2.24, 2.45) is 5.92 Å². The van der Waals surface area contributed by atoms with E-state index >= 15 is 0 Å². The summed E-state index contributed by atoms with van der Waals surface area (Å²) >= 11 is 0.